The minimum Gasteiger partial charge on any atom is -0.460 e. The van der Waals surface area contributed by atoms with Crippen LogP contribution in [0.15, 0.2) is 23.1 Å². The molecule has 7 nitrogen and oxygen atoms in total. The molecule has 1 aliphatic rings. The zero-order valence-corrected chi connectivity index (χ0v) is 14.3. The lowest BCUT2D eigenvalue weighted by atomic mass is 10.2. The maximum absolute atomic E-state index is 12.2. The van der Waals surface area contributed by atoms with Crippen molar-refractivity contribution in [3.8, 4) is 0 Å². The second-order valence-electron chi connectivity index (χ2n) is 5.31. The summed E-state index contributed by atoms with van der Waals surface area (Å²) >= 11 is 5.91. The Balaban J connectivity index is 2.27. The molecule has 0 saturated carbocycles. The van der Waals surface area contributed by atoms with Crippen molar-refractivity contribution in [3.05, 3.63) is 28.8 Å². The number of ether oxygens (including phenoxy) is 2. The van der Waals surface area contributed by atoms with Crippen LogP contribution in [0.4, 0.5) is 0 Å². The first-order valence-corrected chi connectivity index (χ1v) is 8.58. The number of hydrogen-bond acceptors (Lipinski definition) is 6. The van der Waals surface area contributed by atoms with E-state index in [0.717, 1.165) is 10.4 Å². The van der Waals surface area contributed by atoms with Gasteiger partial charge in [0.2, 0.25) is 16.1 Å². The van der Waals surface area contributed by atoms with Gasteiger partial charge in [0, 0.05) is 20.5 Å². The number of esters is 2. The molecule has 0 aliphatic carbocycles. The SMILES string of the molecule is C[C@H]1C[C@@H](OC(=O)c2ccc(Cl)c(S(=O)(=O)N(C)C)c2)C(=O)O1. The van der Waals surface area contributed by atoms with Crippen LogP contribution in [0.5, 0.6) is 0 Å². The summed E-state index contributed by atoms with van der Waals surface area (Å²) in [6.45, 7) is 1.69. The Morgan fingerprint density at radius 3 is 2.57 bits per heavy atom. The Kier molecular flexibility index (Phi) is 4.98. The molecule has 1 aromatic rings. The van der Waals surface area contributed by atoms with E-state index >= 15 is 0 Å². The van der Waals surface area contributed by atoms with Crippen molar-refractivity contribution in [1.29, 1.82) is 0 Å². The fourth-order valence-corrected chi connectivity index (χ4v) is 3.43. The van der Waals surface area contributed by atoms with Gasteiger partial charge < -0.3 is 9.47 Å². The van der Waals surface area contributed by atoms with Crippen molar-refractivity contribution in [2.24, 2.45) is 0 Å². The van der Waals surface area contributed by atoms with Crippen LogP contribution in [0.3, 0.4) is 0 Å². The summed E-state index contributed by atoms with van der Waals surface area (Å²) in [6, 6.07) is 3.76. The first-order chi connectivity index (χ1) is 10.6. The fourth-order valence-electron chi connectivity index (χ4n) is 2.04. The van der Waals surface area contributed by atoms with Gasteiger partial charge in [-0.25, -0.2) is 22.3 Å². The van der Waals surface area contributed by atoms with Crippen molar-refractivity contribution in [1.82, 2.24) is 4.31 Å². The number of nitrogens with zero attached hydrogens (tertiary/aromatic N) is 1. The number of hydrogen-bond donors (Lipinski definition) is 0. The highest BCUT2D eigenvalue weighted by Gasteiger charge is 2.35. The maximum Gasteiger partial charge on any atom is 0.347 e. The van der Waals surface area contributed by atoms with Gasteiger partial charge in [-0.1, -0.05) is 11.6 Å². The molecule has 2 atom stereocenters. The van der Waals surface area contributed by atoms with Gasteiger partial charge >= 0.3 is 11.9 Å². The third kappa shape index (κ3) is 3.65. The van der Waals surface area contributed by atoms with Crippen LogP contribution in [-0.4, -0.2) is 51.0 Å². The Bertz CT molecular complexity index is 746. The average molecular weight is 362 g/mol. The molecule has 0 bridgehead atoms. The molecule has 126 valence electrons. The molecule has 9 heteroatoms. The standard InChI is InChI=1S/C14H16ClNO6S/c1-8-6-11(14(18)21-8)22-13(17)9-4-5-10(15)12(7-9)23(19,20)16(2)3/h4-5,7-8,11H,6H2,1-3H3/t8-,11+/m0/s1. The maximum atomic E-state index is 12.2. The summed E-state index contributed by atoms with van der Waals surface area (Å²) in [6.07, 6.45) is -1.04. The lowest BCUT2D eigenvalue weighted by molar-refractivity contribution is -0.147. The zero-order valence-electron chi connectivity index (χ0n) is 12.8. The van der Waals surface area contributed by atoms with Crippen LogP contribution >= 0.6 is 11.6 Å². The van der Waals surface area contributed by atoms with E-state index < -0.39 is 28.1 Å². The van der Waals surface area contributed by atoms with Crippen molar-refractivity contribution in [3.63, 3.8) is 0 Å². The minimum atomic E-state index is -3.81. The number of cyclic esters (lactones) is 1. The van der Waals surface area contributed by atoms with Gasteiger partial charge in [-0.05, 0) is 25.1 Å². The molecule has 1 aliphatic heterocycles. The first-order valence-electron chi connectivity index (χ1n) is 6.76. The van der Waals surface area contributed by atoms with Gasteiger partial charge in [-0.3, -0.25) is 0 Å². The molecule has 1 aromatic carbocycles. The molecular formula is C14H16ClNO6S. The van der Waals surface area contributed by atoms with Crippen LogP contribution in [0.2, 0.25) is 5.02 Å². The van der Waals surface area contributed by atoms with E-state index in [0.29, 0.717) is 0 Å². The van der Waals surface area contributed by atoms with Gasteiger partial charge in [0.1, 0.15) is 11.0 Å². The molecule has 0 N–H and O–H groups in total. The summed E-state index contributed by atoms with van der Waals surface area (Å²) in [4.78, 5) is 23.4. The highest BCUT2D eigenvalue weighted by atomic mass is 35.5. The fraction of sp³-hybridized carbons (Fsp3) is 0.429. The predicted molar refractivity (Wildman–Crippen MR) is 81.7 cm³/mol. The van der Waals surface area contributed by atoms with E-state index in [9.17, 15) is 18.0 Å². The summed E-state index contributed by atoms with van der Waals surface area (Å²) in [5.41, 5.74) is -0.0119. The van der Waals surface area contributed by atoms with Crippen molar-refractivity contribution < 1.29 is 27.5 Å². The van der Waals surface area contributed by atoms with E-state index in [1.54, 1.807) is 6.92 Å². The molecule has 23 heavy (non-hydrogen) atoms. The number of rotatable bonds is 4. The quantitative estimate of drug-likeness (QED) is 0.754. The summed E-state index contributed by atoms with van der Waals surface area (Å²) < 4.78 is 35.3. The second kappa shape index (κ2) is 6.46. The number of sulfonamides is 1. The van der Waals surface area contributed by atoms with Gasteiger partial charge in [0.05, 0.1) is 10.6 Å². The molecule has 1 saturated heterocycles. The normalized spacial score (nSPS) is 21.3. The third-order valence-corrected chi connectivity index (χ3v) is 5.60. The summed E-state index contributed by atoms with van der Waals surface area (Å²) in [7, 11) is -1.10. The Morgan fingerprint density at radius 1 is 1.39 bits per heavy atom. The van der Waals surface area contributed by atoms with Crippen LogP contribution in [-0.2, 0) is 24.3 Å². The first kappa shape index (κ1) is 17.7. The molecule has 2 rings (SSSR count). The highest BCUT2D eigenvalue weighted by molar-refractivity contribution is 7.89. The molecule has 1 heterocycles. The predicted octanol–water partition coefficient (Wildman–Crippen LogP) is 1.45. The Morgan fingerprint density at radius 2 is 2.04 bits per heavy atom. The highest BCUT2D eigenvalue weighted by Crippen LogP contribution is 2.26. The number of benzene rings is 1. The minimum absolute atomic E-state index is 0.0100. The van der Waals surface area contributed by atoms with Crippen molar-refractivity contribution in [2.75, 3.05) is 14.1 Å². The van der Waals surface area contributed by atoms with E-state index in [1.807, 2.05) is 0 Å². The Labute approximate surface area is 139 Å². The molecular weight excluding hydrogens is 346 g/mol. The van der Waals surface area contributed by atoms with E-state index in [2.05, 4.69) is 0 Å². The van der Waals surface area contributed by atoms with Gasteiger partial charge in [0.25, 0.3) is 0 Å². The molecule has 1 fully saturated rings. The van der Waals surface area contributed by atoms with E-state index in [4.69, 9.17) is 21.1 Å². The molecule has 0 unspecified atom stereocenters. The largest absolute Gasteiger partial charge is 0.460 e. The van der Waals surface area contributed by atoms with E-state index in [-0.39, 0.29) is 28.0 Å². The monoisotopic (exact) mass is 361 g/mol. The summed E-state index contributed by atoms with van der Waals surface area (Å²) in [5.74, 6) is -1.42. The van der Waals surface area contributed by atoms with Crippen molar-refractivity contribution >= 4 is 33.6 Å². The topological polar surface area (TPSA) is 90.0 Å². The van der Waals surface area contributed by atoms with E-state index in [1.165, 1.54) is 26.2 Å². The van der Waals surface area contributed by atoms with Gasteiger partial charge in [-0.15, -0.1) is 0 Å². The van der Waals surface area contributed by atoms with Crippen LogP contribution < -0.4 is 0 Å². The third-order valence-electron chi connectivity index (χ3n) is 3.30. The number of halogens is 1. The number of carbonyl (C=O) groups excluding carboxylic acids is 2. The van der Waals surface area contributed by atoms with Crippen LogP contribution in [0.1, 0.15) is 23.7 Å². The smallest absolute Gasteiger partial charge is 0.347 e. The molecule has 0 spiro atoms. The van der Waals surface area contributed by atoms with Crippen LogP contribution in [0.25, 0.3) is 0 Å². The van der Waals surface area contributed by atoms with Crippen molar-refractivity contribution in [2.45, 2.75) is 30.4 Å². The molecule has 0 aromatic heterocycles. The average Bonchev–Trinajstić information content (AvgIpc) is 2.76. The molecule has 0 amide bonds. The second-order valence-corrected chi connectivity index (χ2v) is 7.84. The van der Waals surface area contributed by atoms with Gasteiger partial charge in [0.15, 0.2) is 0 Å². The summed E-state index contributed by atoms with van der Waals surface area (Å²) in [5, 5.41) is -0.0100. The lowest BCUT2D eigenvalue weighted by Gasteiger charge is -2.14. The zero-order chi connectivity index (χ0) is 17.4. The lowest BCUT2D eigenvalue weighted by Crippen LogP contribution is -2.24. The van der Waals surface area contributed by atoms with Crippen LogP contribution in [0, 0.1) is 0 Å². The molecule has 0 radical (unpaired) electrons. The number of carbonyl (C=O) groups is 2. The van der Waals surface area contributed by atoms with Gasteiger partial charge in [-0.2, -0.15) is 0 Å². The Hall–Kier alpha value is -1.64.